The Morgan fingerprint density at radius 3 is 2.11 bits per heavy atom. The minimum atomic E-state index is -2.61. The van der Waals surface area contributed by atoms with Gasteiger partial charge in [-0.05, 0) is 56.2 Å². The van der Waals surface area contributed by atoms with Crippen molar-refractivity contribution in [3.05, 3.63) is 60.4 Å². The van der Waals surface area contributed by atoms with E-state index in [1.54, 1.807) is 37.4 Å². The van der Waals surface area contributed by atoms with Crippen molar-refractivity contribution < 1.29 is 33.0 Å². The van der Waals surface area contributed by atoms with Gasteiger partial charge in [-0.2, -0.15) is 0 Å². The Labute approximate surface area is 208 Å². The van der Waals surface area contributed by atoms with Gasteiger partial charge in [-0.25, -0.2) is 18.0 Å². The van der Waals surface area contributed by atoms with Crippen LogP contribution in [0, 0.1) is 11.2 Å². The normalized spacial score (nSPS) is 16.2. The fourth-order valence-electron chi connectivity index (χ4n) is 4.64. The molecule has 7 nitrogen and oxygen atoms in total. The van der Waals surface area contributed by atoms with Gasteiger partial charge in [0.25, 0.3) is 0 Å². The largest absolute Gasteiger partial charge is 0.368 e. The average Bonchev–Trinajstić information content (AvgIpc) is 2.84. The molecule has 0 spiro atoms. The first kappa shape index (κ1) is 27.5. The van der Waals surface area contributed by atoms with Crippen LogP contribution in [-0.4, -0.2) is 65.9 Å². The topological polar surface area (TPSA) is 84.3 Å². The van der Waals surface area contributed by atoms with Gasteiger partial charge in [-0.1, -0.05) is 18.2 Å². The van der Waals surface area contributed by atoms with Crippen LogP contribution < -0.4 is 9.80 Å². The van der Waals surface area contributed by atoms with E-state index in [2.05, 4.69) is 0 Å². The number of amides is 3. The van der Waals surface area contributed by atoms with E-state index in [9.17, 15) is 33.0 Å². The number of aliphatic hydroxyl groups excluding tert-OH is 1. The maximum absolute atomic E-state index is 13.4. The lowest BCUT2D eigenvalue weighted by atomic mass is 9.74. The van der Waals surface area contributed by atoms with E-state index in [0.717, 1.165) is 0 Å². The number of piperidine rings is 1. The summed E-state index contributed by atoms with van der Waals surface area (Å²) in [6.45, 7) is 1.85. The maximum Gasteiger partial charge on any atom is 0.324 e. The van der Waals surface area contributed by atoms with Gasteiger partial charge in [0, 0.05) is 55.8 Å². The minimum Gasteiger partial charge on any atom is -0.368 e. The third-order valence-corrected chi connectivity index (χ3v) is 6.84. The molecule has 1 atom stereocenters. The van der Waals surface area contributed by atoms with Crippen LogP contribution in [0.1, 0.15) is 32.6 Å². The number of likely N-dealkylation sites (tertiary alicyclic amines) is 1. The number of benzene rings is 2. The lowest BCUT2D eigenvalue weighted by molar-refractivity contribution is -0.162. The van der Waals surface area contributed by atoms with E-state index in [0.29, 0.717) is 11.4 Å². The molecule has 36 heavy (non-hydrogen) atoms. The van der Waals surface area contributed by atoms with Gasteiger partial charge in [-0.3, -0.25) is 9.69 Å². The van der Waals surface area contributed by atoms with Crippen LogP contribution in [0.2, 0.25) is 0 Å². The minimum absolute atomic E-state index is 0.130. The first-order chi connectivity index (χ1) is 17.0. The second kappa shape index (κ2) is 11.7. The van der Waals surface area contributed by atoms with Gasteiger partial charge in [-0.15, -0.1) is 0 Å². The Kier molecular flexibility index (Phi) is 8.97. The molecule has 1 aliphatic heterocycles. The molecule has 0 radical (unpaired) electrons. The molecular weight excluding hydrogens is 475 g/mol. The molecule has 196 valence electrons. The number of rotatable bonds is 8. The van der Waals surface area contributed by atoms with Crippen LogP contribution >= 0.6 is 0 Å². The molecule has 0 aromatic heterocycles. The highest BCUT2D eigenvalue weighted by atomic mass is 19.3. The summed E-state index contributed by atoms with van der Waals surface area (Å²) >= 11 is 0. The molecule has 1 fully saturated rings. The highest BCUT2D eigenvalue weighted by molar-refractivity contribution is 5.94. The Balaban J connectivity index is 1.74. The fraction of sp³-hybridized carbons (Fsp3) is 0.462. The number of para-hydroxylation sites is 1. The standard InChI is InChI=1S/C26H32F3N3O4/c1-18(16-22(28)29)32(21-6-4-3-5-7-21)23(33)17-26(24(34)35)12-14-31(15-13-26)25(36)30(2)20-10-8-19(27)9-11-20/h3-11,18,22,24,34-35H,12-17H2,1-2H3. The molecule has 0 saturated carbocycles. The van der Waals surface area contributed by atoms with Crippen LogP contribution in [0.5, 0.6) is 0 Å². The Hall–Kier alpha value is -3.11. The van der Waals surface area contributed by atoms with Crippen molar-refractivity contribution in [2.75, 3.05) is 29.9 Å². The number of carbonyl (C=O) groups is 2. The van der Waals surface area contributed by atoms with Crippen molar-refractivity contribution in [3.63, 3.8) is 0 Å². The number of aliphatic hydroxyl groups is 2. The molecule has 1 saturated heterocycles. The lowest BCUT2D eigenvalue weighted by Gasteiger charge is -2.44. The SMILES string of the molecule is CC(CC(F)F)N(C(=O)CC1(C(O)O)CCN(C(=O)N(C)c2ccc(F)cc2)CC1)c1ccccc1. The molecule has 0 bridgehead atoms. The van der Waals surface area contributed by atoms with E-state index in [1.807, 2.05) is 0 Å². The van der Waals surface area contributed by atoms with Gasteiger partial charge in [0.05, 0.1) is 0 Å². The number of hydrogen-bond acceptors (Lipinski definition) is 4. The van der Waals surface area contributed by atoms with Crippen molar-refractivity contribution in [1.82, 2.24) is 4.90 Å². The summed E-state index contributed by atoms with van der Waals surface area (Å²) in [5.74, 6) is -0.915. The highest BCUT2D eigenvalue weighted by Crippen LogP contribution is 2.39. The molecule has 0 aliphatic carbocycles. The number of carbonyl (C=O) groups excluding carboxylic acids is 2. The van der Waals surface area contributed by atoms with E-state index in [-0.39, 0.29) is 38.4 Å². The number of urea groups is 1. The van der Waals surface area contributed by atoms with E-state index >= 15 is 0 Å². The second-order valence-electron chi connectivity index (χ2n) is 9.29. The fourth-order valence-corrected chi connectivity index (χ4v) is 4.64. The Bertz CT molecular complexity index is 1010. The summed E-state index contributed by atoms with van der Waals surface area (Å²) in [4.78, 5) is 30.6. The monoisotopic (exact) mass is 507 g/mol. The molecule has 10 heteroatoms. The first-order valence-electron chi connectivity index (χ1n) is 11.8. The third kappa shape index (κ3) is 6.36. The number of halogens is 3. The quantitative estimate of drug-likeness (QED) is 0.524. The molecule has 3 rings (SSSR count). The number of nitrogens with zero attached hydrogens (tertiary/aromatic N) is 3. The van der Waals surface area contributed by atoms with Gasteiger partial charge in [0.15, 0.2) is 6.29 Å². The predicted molar refractivity (Wildman–Crippen MR) is 130 cm³/mol. The summed E-state index contributed by atoms with van der Waals surface area (Å²) in [7, 11) is 1.56. The summed E-state index contributed by atoms with van der Waals surface area (Å²) in [5.41, 5.74) is -0.284. The molecule has 2 N–H and O–H groups in total. The second-order valence-corrected chi connectivity index (χ2v) is 9.29. The third-order valence-electron chi connectivity index (χ3n) is 6.84. The zero-order valence-electron chi connectivity index (χ0n) is 20.4. The van der Waals surface area contributed by atoms with Crippen LogP contribution in [0.15, 0.2) is 54.6 Å². The van der Waals surface area contributed by atoms with Crippen LogP contribution in [0.25, 0.3) is 0 Å². The average molecular weight is 508 g/mol. The number of alkyl halides is 2. The molecular formula is C26H32F3N3O4. The van der Waals surface area contributed by atoms with E-state index in [4.69, 9.17) is 0 Å². The molecule has 3 amide bonds. The van der Waals surface area contributed by atoms with Crippen molar-refractivity contribution in [2.45, 2.75) is 51.4 Å². The Morgan fingerprint density at radius 2 is 1.58 bits per heavy atom. The number of anilines is 2. The van der Waals surface area contributed by atoms with Crippen molar-refractivity contribution in [2.24, 2.45) is 5.41 Å². The Morgan fingerprint density at radius 1 is 1.00 bits per heavy atom. The lowest BCUT2D eigenvalue weighted by Crippen LogP contribution is -2.53. The van der Waals surface area contributed by atoms with E-state index in [1.165, 1.54) is 45.9 Å². The van der Waals surface area contributed by atoms with E-state index < -0.39 is 42.3 Å². The van der Waals surface area contributed by atoms with Crippen molar-refractivity contribution in [3.8, 4) is 0 Å². The van der Waals surface area contributed by atoms with Crippen molar-refractivity contribution >= 4 is 23.3 Å². The zero-order chi connectivity index (χ0) is 26.5. The summed E-state index contributed by atoms with van der Waals surface area (Å²) in [5, 5.41) is 20.5. The first-order valence-corrected chi connectivity index (χ1v) is 11.8. The smallest absolute Gasteiger partial charge is 0.324 e. The molecule has 1 heterocycles. The van der Waals surface area contributed by atoms with Crippen molar-refractivity contribution in [1.29, 1.82) is 0 Å². The summed E-state index contributed by atoms with van der Waals surface area (Å²) in [6.07, 6.45) is -4.98. The molecule has 2 aromatic carbocycles. The zero-order valence-corrected chi connectivity index (χ0v) is 20.4. The van der Waals surface area contributed by atoms with Gasteiger partial charge in [0.2, 0.25) is 12.3 Å². The predicted octanol–water partition coefficient (Wildman–Crippen LogP) is 4.24. The van der Waals surface area contributed by atoms with Crippen LogP contribution in [0.4, 0.5) is 29.3 Å². The van der Waals surface area contributed by atoms with Gasteiger partial charge in [0.1, 0.15) is 5.82 Å². The molecule has 2 aromatic rings. The van der Waals surface area contributed by atoms with Crippen LogP contribution in [-0.2, 0) is 4.79 Å². The summed E-state index contributed by atoms with van der Waals surface area (Å²) in [6, 6.07) is 12.8. The van der Waals surface area contributed by atoms with Crippen LogP contribution in [0.3, 0.4) is 0 Å². The molecule has 1 unspecified atom stereocenters. The van der Waals surface area contributed by atoms with Gasteiger partial charge >= 0.3 is 6.03 Å². The van der Waals surface area contributed by atoms with Gasteiger partial charge < -0.3 is 20.0 Å². The highest BCUT2D eigenvalue weighted by Gasteiger charge is 2.44. The maximum atomic E-state index is 13.4. The summed E-state index contributed by atoms with van der Waals surface area (Å²) < 4.78 is 39.5. The number of hydrogen-bond donors (Lipinski definition) is 2. The molecule has 1 aliphatic rings.